The van der Waals surface area contributed by atoms with Crippen LogP contribution < -0.4 is 9.64 Å². The molecule has 1 rings (SSSR count). The molecule has 0 saturated heterocycles. The number of carbonyl (C=O) groups excluding carboxylic acids is 1. The Kier molecular flexibility index (Phi) is 5.38. The molecule has 0 aromatic carbocycles. The van der Waals surface area contributed by atoms with Gasteiger partial charge in [0.15, 0.2) is 11.6 Å². The van der Waals surface area contributed by atoms with E-state index >= 15 is 0 Å². The van der Waals surface area contributed by atoms with Crippen molar-refractivity contribution in [2.24, 2.45) is 0 Å². The molecular formula is C11H16N2O4. The predicted molar refractivity (Wildman–Crippen MR) is 61.9 cm³/mol. The molecule has 0 saturated carbocycles. The lowest BCUT2D eigenvalue weighted by Gasteiger charge is -2.23. The summed E-state index contributed by atoms with van der Waals surface area (Å²) in [6.45, 7) is 1.78. The zero-order chi connectivity index (χ0) is 12.7. The van der Waals surface area contributed by atoms with Crippen molar-refractivity contribution in [3.05, 3.63) is 18.3 Å². The fraction of sp³-hybridized carbons (Fsp3) is 0.455. The number of hydrogen-bond donors (Lipinski definition) is 2. The number of aliphatic hydroxyl groups excluding tert-OH is 2. The van der Waals surface area contributed by atoms with Gasteiger partial charge in [0, 0.05) is 26.2 Å². The van der Waals surface area contributed by atoms with Crippen LogP contribution in [-0.4, -0.2) is 47.5 Å². The fourth-order valence-electron chi connectivity index (χ4n) is 1.42. The van der Waals surface area contributed by atoms with E-state index in [4.69, 9.17) is 14.9 Å². The first kappa shape index (κ1) is 13.4. The SMILES string of the molecule is CC(=O)Oc1cccnc1N(CCO)CCO. The fourth-order valence-corrected chi connectivity index (χ4v) is 1.42. The Morgan fingerprint density at radius 2 is 2.06 bits per heavy atom. The number of aliphatic hydroxyl groups is 2. The summed E-state index contributed by atoms with van der Waals surface area (Å²) in [5.41, 5.74) is 0. The van der Waals surface area contributed by atoms with Crippen molar-refractivity contribution in [3.8, 4) is 5.75 Å². The Labute approximate surface area is 99.5 Å². The van der Waals surface area contributed by atoms with Crippen LogP contribution in [0.5, 0.6) is 5.75 Å². The van der Waals surface area contributed by atoms with Crippen LogP contribution in [0.2, 0.25) is 0 Å². The van der Waals surface area contributed by atoms with E-state index in [-0.39, 0.29) is 13.2 Å². The topological polar surface area (TPSA) is 82.9 Å². The normalized spacial score (nSPS) is 10.1. The summed E-state index contributed by atoms with van der Waals surface area (Å²) in [5.74, 6) is 0.319. The van der Waals surface area contributed by atoms with E-state index in [9.17, 15) is 4.79 Å². The summed E-state index contributed by atoms with van der Waals surface area (Å²) < 4.78 is 5.01. The van der Waals surface area contributed by atoms with Crippen molar-refractivity contribution in [1.82, 2.24) is 4.98 Å². The van der Waals surface area contributed by atoms with E-state index in [1.165, 1.54) is 6.92 Å². The van der Waals surface area contributed by atoms with Crippen molar-refractivity contribution in [1.29, 1.82) is 0 Å². The maximum absolute atomic E-state index is 10.9. The molecule has 0 aliphatic rings. The summed E-state index contributed by atoms with van der Waals surface area (Å²) in [4.78, 5) is 16.7. The maximum Gasteiger partial charge on any atom is 0.308 e. The highest BCUT2D eigenvalue weighted by atomic mass is 16.5. The van der Waals surface area contributed by atoms with Crippen molar-refractivity contribution in [3.63, 3.8) is 0 Å². The molecule has 0 aliphatic heterocycles. The molecule has 17 heavy (non-hydrogen) atoms. The van der Waals surface area contributed by atoms with Crippen LogP contribution in [0.25, 0.3) is 0 Å². The molecular weight excluding hydrogens is 224 g/mol. The molecule has 0 aliphatic carbocycles. The van der Waals surface area contributed by atoms with Crippen LogP contribution in [0.4, 0.5) is 5.82 Å². The highest BCUT2D eigenvalue weighted by Crippen LogP contribution is 2.24. The van der Waals surface area contributed by atoms with Gasteiger partial charge in [0.1, 0.15) is 0 Å². The van der Waals surface area contributed by atoms with Gasteiger partial charge < -0.3 is 19.8 Å². The molecule has 0 unspecified atom stereocenters. The first-order chi connectivity index (χ1) is 8.19. The van der Waals surface area contributed by atoms with Gasteiger partial charge in [-0.25, -0.2) is 4.98 Å². The Hall–Kier alpha value is -1.66. The van der Waals surface area contributed by atoms with Crippen molar-refractivity contribution < 1.29 is 19.7 Å². The second-order valence-corrected chi connectivity index (χ2v) is 3.35. The standard InChI is InChI=1S/C11H16N2O4/c1-9(16)17-10-3-2-4-12-11(10)13(5-7-14)6-8-15/h2-4,14-15H,5-8H2,1H3. The van der Waals surface area contributed by atoms with Gasteiger partial charge in [-0.05, 0) is 12.1 Å². The number of hydrogen-bond acceptors (Lipinski definition) is 6. The Balaban J connectivity index is 2.95. The third kappa shape index (κ3) is 4.01. The zero-order valence-electron chi connectivity index (χ0n) is 9.67. The van der Waals surface area contributed by atoms with Crippen LogP contribution in [0, 0.1) is 0 Å². The highest BCUT2D eigenvalue weighted by molar-refractivity contribution is 5.71. The molecule has 94 valence electrons. The Morgan fingerprint density at radius 1 is 1.41 bits per heavy atom. The maximum atomic E-state index is 10.9. The number of carbonyl (C=O) groups is 1. The molecule has 0 atom stereocenters. The molecule has 0 amide bonds. The van der Waals surface area contributed by atoms with E-state index in [2.05, 4.69) is 4.98 Å². The summed E-state index contributed by atoms with van der Waals surface area (Å²) in [6.07, 6.45) is 1.56. The van der Waals surface area contributed by atoms with Gasteiger partial charge in [-0.15, -0.1) is 0 Å². The number of rotatable bonds is 6. The molecule has 2 N–H and O–H groups in total. The molecule has 0 bridgehead atoms. The second kappa shape index (κ2) is 6.82. The number of aromatic nitrogens is 1. The van der Waals surface area contributed by atoms with Gasteiger partial charge in [-0.1, -0.05) is 0 Å². The number of nitrogens with zero attached hydrogens (tertiary/aromatic N) is 2. The van der Waals surface area contributed by atoms with E-state index < -0.39 is 5.97 Å². The average molecular weight is 240 g/mol. The minimum absolute atomic E-state index is 0.0733. The number of ether oxygens (including phenoxy) is 1. The van der Waals surface area contributed by atoms with Gasteiger partial charge in [0.05, 0.1) is 13.2 Å². The Morgan fingerprint density at radius 3 is 2.59 bits per heavy atom. The largest absolute Gasteiger partial charge is 0.423 e. The highest BCUT2D eigenvalue weighted by Gasteiger charge is 2.14. The van der Waals surface area contributed by atoms with Gasteiger partial charge in [0.2, 0.25) is 0 Å². The lowest BCUT2D eigenvalue weighted by Crippen LogP contribution is -2.31. The minimum atomic E-state index is -0.438. The smallest absolute Gasteiger partial charge is 0.308 e. The zero-order valence-corrected chi connectivity index (χ0v) is 9.67. The van der Waals surface area contributed by atoms with Crippen LogP contribution in [0.15, 0.2) is 18.3 Å². The van der Waals surface area contributed by atoms with Crippen LogP contribution in [-0.2, 0) is 4.79 Å². The monoisotopic (exact) mass is 240 g/mol. The Bertz CT molecular complexity index is 364. The van der Waals surface area contributed by atoms with E-state index in [1.54, 1.807) is 23.2 Å². The molecule has 1 heterocycles. The lowest BCUT2D eigenvalue weighted by molar-refractivity contribution is -0.131. The quantitative estimate of drug-likeness (QED) is 0.670. The third-order valence-electron chi connectivity index (χ3n) is 2.04. The summed E-state index contributed by atoms with van der Waals surface area (Å²) in [7, 11) is 0. The third-order valence-corrected chi connectivity index (χ3v) is 2.04. The van der Waals surface area contributed by atoms with E-state index in [1.807, 2.05) is 0 Å². The van der Waals surface area contributed by atoms with Crippen molar-refractivity contribution >= 4 is 11.8 Å². The molecule has 6 heteroatoms. The first-order valence-electron chi connectivity index (χ1n) is 5.29. The van der Waals surface area contributed by atoms with Crippen LogP contribution in [0.1, 0.15) is 6.92 Å². The predicted octanol–water partition coefficient (Wildman–Crippen LogP) is -0.202. The molecule has 0 fully saturated rings. The summed E-state index contributed by atoms with van der Waals surface area (Å²) in [5, 5.41) is 17.9. The van der Waals surface area contributed by atoms with Gasteiger partial charge in [-0.3, -0.25) is 4.79 Å². The molecule has 0 radical (unpaired) electrons. The second-order valence-electron chi connectivity index (χ2n) is 3.35. The van der Waals surface area contributed by atoms with Gasteiger partial charge >= 0.3 is 5.97 Å². The molecule has 1 aromatic rings. The number of esters is 1. The number of pyridine rings is 1. The summed E-state index contributed by atoms with van der Waals surface area (Å²) in [6, 6.07) is 3.27. The lowest BCUT2D eigenvalue weighted by atomic mass is 10.3. The average Bonchev–Trinajstić information content (AvgIpc) is 2.29. The first-order valence-corrected chi connectivity index (χ1v) is 5.29. The van der Waals surface area contributed by atoms with Crippen LogP contribution in [0.3, 0.4) is 0 Å². The van der Waals surface area contributed by atoms with Crippen molar-refractivity contribution in [2.75, 3.05) is 31.2 Å². The minimum Gasteiger partial charge on any atom is -0.423 e. The molecule has 0 spiro atoms. The molecule has 1 aromatic heterocycles. The number of anilines is 1. The van der Waals surface area contributed by atoms with E-state index in [0.717, 1.165) is 0 Å². The van der Waals surface area contributed by atoms with Crippen molar-refractivity contribution in [2.45, 2.75) is 6.92 Å². The van der Waals surface area contributed by atoms with E-state index in [0.29, 0.717) is 24.7 Å². The van der Waals surface area contributed by atoms with Crippen LogP contribution >= 0.6 is 0 Å². The van der Waals surface area contributed by atoms with Gasteiger partial charge in [0.25, 0.3) is 0 Å². The molecule has 6 nitrogen and oxygen atoms in total. The van der Waals surface area contributed by atoms with Gasteiger partial charge in [-0.2, -0.15) is 0 Å². The summed E-state index contributed by atoms with van der Waals surface area (Å²) >= 11 is 0.